The van der Waals surface area contributed by atoms with E-state index < -0.39 is 6.04 Å². The molecule has 0 spiro atoms. The summed E-state index contributed by atoms with van der Waals surface area (Å²) in [5.74, 6) is -0.0672. The van der Waals surface area contributed by atoms with Gasteiger partial charge >= 0.3 is 0 Å². The third-order valence-electron chi connectivity index (χ3n) is 5.09. The van der Waals surface area contributed by atoms with Crippen LogP contribution in [0.5, 0.6) is 0 Å². The van der Waals surface area contributed by atoms with Crippen LogP contribution in [0.25, 0.3) is 0 Å². The van der Waals surface area contributed by atoms with E-state index in [9.17, 15) is 9.59 Å². The number of carbonyl (C=O) groups excluding carboxylic acids is 2. The normalized spacial score (nSPS) is 12.1. The molecule has 1 unspecified atom stereocenters. The summed E-state index contributed by atoms with van der Waals surface area (Å²) in [7, 11) is 1.81. The molecule has 2 aromatic rings. The Balaban J connectivity index is 2.11. The third kappa shape index (κ3) is 5.67. The number of hydrogen-bond acceptors (Lipinski definition) is 3. The van der Waals surface area contributed by atoms with Crippen molar-refractivity contribution in [2.75, 3.05) is 26.7 Å². The highest BCUT2D eigenvalue weighted by Gasteiger charge is 2.25. The average Bonchev–Trinajstić information content (AvgIpc) is 2.73. The highest BCUT2D eigenvalue weighted by Crippen LogP contribution is 2.22. The van der Waals surface area contributed by atoms with Crippen molar-refractivity contribution in [3.63, 3.8) is 0 Å². The van der Waals surface area contributed by atoms with Gasteiger partial charge in [-0.3, -0.25) is 14.5 Å². The van der Waals surface area contributed by atoms with E-state index in [1.807, 2.05) is 88.5 Å². The Labute approximate surface area is 168 Å². The number of benzene rings is 2. The van der Waals surface area contributed by atoms with Crippen molar-refractivity contribution in [3.8, 4) is 0 Å². The molecule has 1 N–H and O–H groups in total. The van der Waals surface area contributed by atoms with E-state index in [2.05, 4.69) is 5.32 Å². The molecule has 5 nitrogen and oxygen atoms in total. The first-order valence-electron chi connectivity index (χ1n) is 9.86. The van der Waals surface area contributed by atoms with Gasteiger partial charge in [-0.15, -0.1) is 0 Å². The van der Waals surface area contributed by atoms with Crippen molar-refractivity contribution < 1.29 is 9.59 Å². The zero-order valence-corrected chi connectivity index (χ0v) is 17.3. The minimum absolute atomic E-state index is 0.0369. The minimum Gasteiger partial charge on any atom is -0.344 e. The van der Waals surface area contributed by atoms with Gasteiger partial charge in [-0.2, -0.15) is 0 Å². The molecule has 0 aliphatic carbocycles. The highest BCUT2D eigenvalue weighted by atomic mass is 16.2. The standard InChI is InChI=1S/C23H31N3O2/c1-5-26(6-2)21(27)17-25(4)18(3)23(28)24-22(19-13-9-7-10-14-19)20-15-11-8-12-16-20/h7-16,18,22H,5-6,17H2,1-4H3,(H,24,28). The van der Waals surface area contributed by atoms with Gasteiger partial charge in [0.15, 0.2) is 0 Å². The van der Waals surface area contributed by atoms with Crippen molar-refractivity contribution in [2.24, 2.45) is 0 Å². The summed E-state index contributed by atoms with van der Waals surface area (Å²) in [6.45, 7) is 7.32. The SMILES string of the molecule is CCN(CC)C(=O)CN(C)C(C)C(=O)NC(c1ccccc1)c1ccccc1. The molecule has 28 heavy (non-hydrogen) atoms. The van der Waals surface area contributed by atoms with Gasteiger partial charge in [-0.1, -0.05) is 60.7 Å². The Hall–Kier alpha value is -2.66. The molecule has 0 aliphatic rings. The van der Waals surface area contributed by atoms with Crippen LogP contribution in [-0.4, -0.2) is 54.3 Å². The largest absolute Gasteiger partial charge is 0.344 e. The first-order chi connectivity index (χ1) is 13.5. The Morgan fingerprint density at radius 1 is 0.893 bits per heavy atom. The van der Waals surface area contributed by atoms with E-state index in [4.69, 9.17) is 0 Å². The zero-order chi connectivity index (χ0) is 20.5. The molecular weight excluding hydrogens is 350 g/mol. The Kier molecular flexibility index (Phi) is 8.20. The van der Waals surface area contributed by atoms with Crippen molar-refractivity contribution in [2.45, 2.75) is 32.9 Å². The number of rotatable bonds is 9. The van der Waals surface area contributed by atoms with Crippen LogP contribution in [0.2, 0.25) is 0 Å². The van der Waals surface area contributed by atoms with E-state index in [-0.39, 0.29) is 24.4 Å². The Morgan fingerprint density at radius 2 is 1.36 bits per heavy atom. The maximum Gasteiger partial charge on any atom is 0.237 e. The van der Waals surface area contributed by atoms with E-state index in [0.29, 0.717) is 13.1 Å². The fourth-order valence-electron chi connectivity index (χ4n) is 3.14. The molecule has 0 saturated carbocycles. The molecule has 0 aliphatic heterocycles. The lowest BCUT2D eigenvalue weighted by atomic mass is 9.98. The van der Waals surface area contributed by atoms with Crippen molar-refractivity contribution >= 4 is 11.8 Å². The second-order valence-electron chi connectivity index (χ2n) is 6.92. The lowest BCUT2D eigenvalue weighted by molar-refractivity contribution is -0.133. The van der Waals surface area contributed by atoms with Gasteiger partial charge in [0, 0.05) is 13.1 Å². The van der Waals surface area contributed by atoms with Crippen LogP contribution in [0, 0.1) is 0 Å². The zero-order valence-electron chi connectivity index (χ0n) is 17.3. The highest BCUT2D eigenvalue weighted by molar-refractivity contribution is 5.84. The van der Waals surface area contributed by atoms with Crippen LogP contribution in [0.3, 0.4) is 0 Å². The molecule has 2 rings (SSSR count). The van der Waals surface area contributed by atoms with Gasteiger partial charge in [0.1, 0.15) is 0 Å². The molecule has 2 aromatic carbocycles. The van der Waals surface area contributed by atoms with Gasteiger partial charge < -0.3 is 10.2 Å². The summed E-state index contributed by atoms with van der Waals surface area (Å²) in [6, 6.07) is 19.2. The molecule has 0 radical (unpaired) electrons. The molecular formula is C23H31N3O2. The number of nitrogens with one attached hydrogen (secondary N) is 1. The summed E-state index contributed by atoms with van der Waals surface area (Å²) >= 11 is 0. The number of likely N-dealkylation sites (N-methyl/N-ethyl adjacent to an activating group) is 2. The van der Waals surface area contributed by atoms with Crippen LogP contribution < -0.4 is 5.32 Å². The Bertz CT molecular complexity index is 705. The predicted molar refractivity (Wildman–Crippen MR) is 113 cm³/mol. The molecule has 0 heterocycles. The van der Waals surface area contributed by atoms with Gasteiger partial charge in [0.2, 0.25) is 11.8 Å². The summed E-state index contributed by atoms with van der Waals surface area (Å²) in [4.78, 5) is 28.9. The molecule has 1 atom stereocenters. The average molecular weight is 382 g/mol. The van der Waals surface area contributed by atoms with Crippen LogP contribution in [-0.2, 0) is 9.59 Å². The predicted octanol–water partition coefficient (Wildman–Crippen LogP) is 3.08. The molecule has 0 saturated heterocycles. The summed E-state index contributed by atoms with van der Waals surface area (Å²) in [5, 5.41) is 3.16. The maximum absolute atomic E-state index is 13.0. The van der Waals surface area contributed by atoms with Gasteiger partial charge in [0.25, 0.3) is 0 Å². The Morgan fingerprint density at radius 3 is 1.79 bits per heavy atom. The summed E-state index contributed by atoms with van der Waals surface area (Å²) in [5.41, 5.74) is 2.05. The quantitative estimate of drug-likeness (QED) is 0.726. The van der Waals surface area contributed by atoms with E-state index in [1.54, 1.807) is 9.80 Å². The van der Waals surface area contributed by atoms with Crippen molar-refractivity contribution in [1.82, 2.24) is 15.1 Å². The van der Waals surface area contributed by atoms with E-state index >= 15 is 0 Å². The number of amides is 2. The molecule has 0 aromatic heterocycles. The van der Waals surface area contributed by atoms with Gasteiger partial charge in [-0.25, -0.2) is 0 Å². The van der Waals surface area contributed by atoms with Crippen LogP contribution in [0.15, 0.2) is 60.7 Å². The molecule has 2 amide bonds. The number of nitrogens with zero attached hydrogens (tertiary/aromatic N) is 2. The molecule has 0 fully saturated rings. The maximum atomic E-state index is 13.0. The summed E-state index contributed by atoms with van der Waals surface area (Å²) < 4.78 is 0. The molecule has 5 heteroatoms. The fraction of sp³-hybridized carbons (Fsp3) is 0.391. The molecule has 150 valence electrons. The second-order valence-corrected chi connectivity index (χ2v) is 6.92. The van der Waals surface area contributed by atoms with Crippen LogP contribution in [0.1, 0.15) is 37.9 Å². The van der Waals surface area contributed by atoms with Crippen LogP contribution in [0.4, 0.5) is 0 Å². The lowest BCUT2D eigenvalue weighted by Gasteiger charge is -2.28. The monoisotopic (exact) mass is 381 g/mol. The smallest absolute Gasteiger partial charge is 0.237 e. The fourth-order valence-corrected chi connectivity index (χ4v) is 3.14. The minimum atomic E-state index is -0.422. The first-order valence-corrected chi connectivity index (χ1v) is 9.86. The lowest BCUT2D eigenvalue weighted by Crippen LogP contribution is -2.48. The van der Waals surface area contributed by atoms with Gasteiger partial charge in [0.05, 0.1) is 18.6 Å². The van der Waals surface area contributed by atoms with Crippen molar-refractivity contribution in [3.05, 3.63) is 71.8 Å². The summed E-state index contributed by atoms with van der Waals surface area (Å²) in [6.07, 6.45) is 0. The van der Waals surface area contributed by atoms with E-state index in [1.165, 1.54) is 0 Å². The second kappa shape index (κ2) is 10.6. The topological polar surface area (TPSA) is 52.7 Å². The third-order valence-corrected chi connectivity index (χ3v) is 5.09. The van der Waals surface area contributed by atoms with Crippen molar-refractivity contribution in [1.29, 1.82) is 0 Å². The van der Waals surface area contributed by atoms with E-state index in [0.717, 1.165) is 11.1 Å². The van der Waals surface area contributed by atoms with Crippen LogP contribution >= 0.6 is 0 Å². The number of carbonyl (C=O) groups is 2. The number of hydrogen-bond donors (Lipinski definition) is 1. The first kappa shape index (κ1) is 21.6. The van der Waals surface area contributed by atoms with Gasteiger partial charge in [-0.05, 0) is 38.9 Å². The molecule has 0 bridgehead atoms.